The zero-order valence-corrected chi connectivity index (χ0v) is 16.3. The van der Waals surface area contributed by atoms with Gasteiger partial charge >= 0.3 is 0 Å². The average molecular weight is 395 g/mol. The Balaban J connectivity index is 1.46. The molecule has 29 heavy (non-hydrogen) atoms. The number of amides is 1. The first-order valence-electron chi connectivity index (χ1n) is 10.0. The van der Waals surface area contributed by atoms with E-state index in [1.807, 2.05) is 16.6 Å². The number of halogens is 1. The van der Waals surface area contributed by atoms with Crippen molar-refractivity contribution in [2.24, 2.45) is 13.0 Å². The number of nitrogens with zero attached hydrogens (tertiary/aromatic N) is 5. The average Bonchev–Trinajstić information content (AvgIpc) is 3.48. The maximum Gasteiger partial charge on any atom is 0.279 e. The lowest BCUT2D eigenvalue weighted by Gasteiger charge is -2.29. The molecule has 0 radical (unpaired) electrons. The molecule has 0 atom stereocenters. The minimum absolute atomic E-state index is 0.146. The van der Waals surface area contributed by atoms with Gasteiger partial charge in [0.1, 0.15) is 5.82 Å². The van der Waals surface area contributed by atoms with Crippen molar-refractivity contribution < 1.29 is 13.7 Å². The van der Waals surface area contributed by atoms with Crippen molar-refractivity contribution in [3.05, 3.63) is 41.3 Å². The molecule has 3 aromatic rings. The highest BCUT2D eigenvalue weighted by atomic mass is 19.1. The molecule has 8 heteroatoms. The van der Waals surface area contributed by atoms with Crippen LogP contribution < -0.4 is 0 Å². The van der Waals surface area contributed by atoms with Crippen LogP contribution in [0.25, 0.3) is 23.0 Å². The third-order valence-electron chi connectivity index (χ3n) is 6.00. The topological polar surface area (TPSA) is 77.1 Å². The van der Waals surface area contributed by atoms with Gasteiger partial charge in [0.25, 0.3) is 5.89 Å². The van der Waals surface area contributed by atoms with Crippen LogP contribution in [0, 0.1) is 11.7 Å². The molecule has 0 spiro atoms. The molecule has 1 aromatic carbocycles. The summed E-state index contributed by atoms with van der Waals surface area (Å²) < 4.78 is 21.3. The second-order valence-electron chi connectivity index (χ2n) is 7.79. The van der Waals surface area contributed by atoms with Gasteiger partial charge in [-0.15, -0.1) is 0 Å². The zero-order chi connectivity index (χ0) is 20.0. The molecular formula is C21H22FN5O2. The van der Waals surface area contributed by atoms with Crippen molar-refractivity contribution >= 4 is 5.91 Å². The van der Waals surface area contributed by atoms with E-state index in [9.17, 15) is 9.18 Å². The highest BCUT2D eigenvalue weighted by molar-refractivity contribution is 5.79. The SMILES string of the molecule is Cn1nc(-c2nc(-c3ccccc3F)no2)c2c1CCN(C(=O)C1CCCC1)C2. The maximum atomic E-state index is 14.1. The number of hydrogen-bond donors (Lipinski definition) is 0. The van der Waals surface area contributed by atoms with E-state index in [1.165, 1.54) is 6.07 Å². The van der Waals surface area contributed by atoms with Crippen molar-refractivity contribution in [3.63, 3.8) is 0 Å². The lowest BCUT2D eigenvalue weighted by Crippen LogP contribution is -2.39. The number of carbonyl (C=O) groups is 1. The van der Waals surface area contributed by atoms with Crippen molar-refractivity contribution in [1.82, 2.24) is 24.8 Å². The predicted molar refractivity (Wildman–Crippen MR) is 103 cm³/mol. The molecule has 1 amide bonds. The molecule has 0 N–H and O–H groups in total. The molecule has 1 aliphatic heterocycles. The van der Waals surface area contributed by atoms with Crippen molar-refractivity contribution in [1.29, 1.82) is 0 Å². The minimum atomic E-state index is -0.406. The Morgan fingerprint density at radius 1 is 1.24 bits per heavy atom. The molecule has 1 saturated carbocycles. The molecular weight excluding hydrogens is 373 g/mol. The van der Waals surface area contributed by atoms with Gasteiger partial charge in [-0.25, -0.2) is 4.39 Å². The summed E-state index contributed by atoms with van der Waals surface area (Å²) in [5.41, 5.74) is 2.86. The quantitative estimate of drug-likeness (QED) is 0.680. The van der Waals surface area contributed by atoms with E-state index in [-0.39, 0.29) is 29.1 Å². The van der Waals surface area contributed by atoms with Gasteiger partial charge in [0.15, 0.2) is 5.69 Å². The standard InChI is InChI=1S/C21H22FN5O2/c1-26-17-10-11-27(21(28)13-6-2-3-7-13)12-15(17)18(24-26)20-23-19(25-29-20)14-8-4-5-9-16(14)22/h4-5,8-9,13H,2-3,6-7,10-12H2,1H3. The fraction of sp³-hybridized carbons (Fsp3) is 0.429. The van der Waals surface area contributed by atoms with Crippen molar-refractivity contribution in [3.8, 4) is 23.0 Å². The van der Waals surface area contributed by atoms with E-state index in [2.05, 4.69) is 15.2 Å². The number of carbonyl (C=O) groups excluding carboxylic acids is 1. The highest BCUT2D eigenvalue weighted by Crippen LogP contribution is 2.33. The van der Waals surface area contributed by atoms with Gasteiger partial charge < -0.3 is 9.42 Å². The van der Waals surface area contributed by atoms with Gasteiger partial charge in [-0.2, -0.15) is 10.1 Å². The van der Waals surface area contributed by atoms with Gasteiger partial charge in [0, 0.05) is 43.7 Å². The largest absolute Gasteiger partial charge is 0.338 e. The lowest BCUT2D eigenvalue weighted by molar-refractivity contribution is -0.136. The van der Waals surface area contributed by atoms with E-state index in [0.717, 1.165) is 43.4 Å². The molecule has 2 aliphatic rings. The molecule has 150 valence electrons. The molecule has 7 nitrogen and oxygen atoms in total. The van der Waals surface area contributed by atoms with Crippen LogP contribution in [0.15, 0.2) is 28.8 Å². The van der Waals surface area contributed by atoms with Crippen LogP contribution in [-0.2, 0) is 24.8 Å². The molecule has 2 aromatic heterocycles. The summed E-state index contributed by atoms with van der Waals surface area (Å²) in [7, 11) is 1.88. The normalized spacial score (nSPS) is 17.0. The van der Waals surface area contributed by atoms with E-state index in [4.69, 9.17) is 4.52 Å². The summed E-state index contributed by atoms with van der Waals surface area (Å²) in [6.07, 6.45) is 4.98. The fourth-order valence-electron chi connectivity index (χ4n) is 4.45. The second-order valence-corrected chi connectivity index (χ2v) is 7.79. The van der Waals surface area contributed by atoms with Crippen LogP contribution in [-0.4, -0.2) is 37.3 Å². The molecule has 0 bridgehead atoms. The van der Waals surface area contributed by atoms with Gasteiger partial charge in [-0.3, -0.25) is 9.48 Å². The maximum absolute atomic E-state index is 14.1. The summed E-state index contributed by atoms with van der Waals surface area (Å²) in [4.78, 5) is 19.2. The first-order valence-corrected chi connectivity index (χ1v) is 10.0. The van der Waals surface area contributed by atoms with Crippen molar-refractivity contribution in [2.45, 2.75) is 38.6 Å². The van der Waals surface area contributed by atoms with Crippen LogP contribution in [0.4, 0.5) is 4.39 Å². The second kappa shape index (κ2) is 7.09. The minimum Gasteiger partial charge on any atom is -0.338 e. The molecule has 1 aliphatic carbocycles. The third kappa shape index (κ3) is 3.12. The van der Waals surface area contributed by atoms with Gasteiger partial charge in [-0.05, 0) is 25.0 Å². The Labute approximate surface area is 167 Å². The summed E-state index contributed by atoms with van der Waals surface area (Å²) in [5.74, 6) is 0.409. The van der Waals surface area contributed by atoms with Crippen molar-refractivity contribution in [2.75, 3.05) is 6.54 Å². The fourth-order valence-corrected chi connectivity index (χ4v) is 4.45. The highest BCUT2D eigenvalue weighted by Gasteiger charge is 2.33. The Bertz CT molecular complexity index is 1070. The molecule has 3 heterocycles. The number of benzene rings is 1. The van der Waals surface area contributed by atoms with Gasteiger partial charge in [0.2, 0.25) is 11.7 Å². The van der Waals surface area contributed by atoms with Gasteiger partial charge in [0.05, 0.1) is 5.56 Å². The van der Waals surface area contributed by atoms with Crippen LogP contribution in [0.2, 0.25) is 0 Å². The first kappa shape index (κ1) is 18.0. The summed E-state index contributed by atoms with van der Waals surface area (Å²) in [5, 5.41) is 8.52. The Hall–Kier alpha value is -3.03. The van der Waals surface area contributed by atoms with E-state index < -0.39 is 5.82 Å². The first-order chi connectivity index (χ1) is 14.1. The summed E-state index contributed by atoms with van der Waals surface area (Å²) >= 11 is 0. The predicted octanol–water partition coefficient (Wildman–Crippen LogP) is 3.35. The van der Waals surface area contributed by atoms with Crippen LogP contribution in [0.5, 0.6) is 0 Å². The number of aromatic nitrogens is 4. The molecule has 0 saturated heterocycles. The lowest BCUT2D eigenvalue weighted by atomic mass is 10.0. The van der Waals surface area contributed by atoms with Crippen LogP contribution in [0.3, 0.4) is 0 Å². The summed E-state index contributed by atoms with van der Waals surface area (Å²) in [6.45, 7) is 1.19. The number of fused-ring (bicyclic) bond motifs is 1. The monoisotopic (exact) mass is 395 g/mol. The smallest absolute Gasteiger partial charge is 0.279 e. The number of rotatable bonds is 3. The molecule has 0 unspecified atom stereocenters. The summed E-state index contributed by atoms with van der Waals surface area (Å²) in [6, 6.07) is 6.31. The Kier molecular flexibility index (Phi) is 4.41. The van der Waals surface area contributed by atoms with E-state index >= 15 is 0 Å². The van der Waals surface area contributed by atoms with E-state index in [1.54, 1.807) is 18.2 Å². The molecule has 5 rings (SSSR count). The molecule has 1 fully saturated rings. The number of aryl methyl sites for hydroxylation is 1. The van der Waals surface area contributed by atoms with E-state index in [0.29, 0.717) is 18.8 Å². The zero-order valence-electron chi connectivity index (χ0n) is 16.3. The van der Waals surface area contributed by atoms with Crippen LogP contribution >= 0.6 is 0 Å². The van der Waals surface area contributed by atoms with Crippen LogP contribution in [0.1, 0.15) is 36.9 Å². The Morgan fingerprint density at radius 2 is 2.03 bits per heavy atom. The number of hydrogen-bond acceptors (Lipinski definition) is 5. The van der Waals surface area contributed by atoms with Gasteiger partial charge in [-0.1, -0.05) is 30.1 Å². The Morgan fingerprint density at radius 3 is 2.83 bits per heavy atom. The third-order valence-corrected chi connectivity index (χ3v) is 6.00.